The summed E-state index contributed by atoms with van der Waals surface area (Å²) in [6.45, 7) is 2.86. The van der Waals surface area contributed by atoms with E-state index in [0.29, 0.717) is 12.0 Å². The Morgan fingerprint density at radius 1 is 1.30 bits per heavy atom. The maximum atomic E-state index is 13.7. The lowest BCUT2D eigenvalue weighted by molar-refractivity contribution is 0.486. The van der Waals surface area contributed by atoms with Crippen molar-refractivity contribution in [1.29, 1.82) is 0 Å². The Bertz CT molecular complexity index is 557. The zero-order valence-corrected chi connectivity index (χ0v) is 12.7. The SMILES string of the molecule is CCCNC(Cc1ccoc1)c1ccc(F)c(F)c1Br. The second-order valence-corrected chi connectivity index (χ2v) is 5.40. The summed E-state index contributed by atoms with van der Waals surface area (Å²) in [6, 6.07) is 4.53. The van der Waals surface area contributed by atoms with Crippen LogP contribution in [0.2, 0.25) is 0 Å². The number of hydrogen-bond acceptors (Lipinski definition) is 2. The summed E-state index contributed by atoms with van der Waals surface area (Å²) in [7, 11) is 0. The Kier molecular flexibility index (Phi) is 5.31. The van der Waals surface area contributed by atoms with Crippen LogP contribution in [0.15, 0.2) is 39.6 Å². The summed E-state index contributed by atoms with van der Waals surface area (Å²) in [4.78, 5) is 0. The fraction of sp³-hybridized carbons (Fsp3) is 0.333. The van der Waals surface area contributed by atoms with E-state index in [9.17, 15) is 8.78 Å². The van der Waals surface area contributed by atoms with Gasteiger partial charge in [-0.2, -0.15) is 0 Å². The van der Waals surface area contributed by atoms with Gasteiger partial charge < -0.3 is 9.73 Å². The third-order valence-electron chi connectivity index (χ3n) is 3.10. The molecule has 2 aromatic rings. The second kappa shape index (κ2) is 6.99. The molecule has 0 radical (unpaired) electrons. The average molecular weight is 344 g/mol. The Morgan fingerprint density at radius 3 is 2.75 bits per heavy atom. The van der Waals surface area contributed by atoms with Gasteiger partial charge in [0, 0.05) is 6.04 Å². The van der Waals surface area contributed by atoms with Crippen molar-refractivity contribution in [2.24, 2.45) is 0 Å². The number of hydrogen-bond donors (Lipinski definition) is 1. The molecule has 2 nitrogen and oxygen atoms in total. The largest absolute Gasteiger partial charge is 0.472 e. The minimum atomic E-state index is -0.849. The number of rotatable bonds is 6. The van der Waals surface area contributed by atoms with E-state index >= 15 is 0 Å². The monoisotopic (exact) mass is 343 g/mol. The highest BCUT2D eigenvalue weighted by molar-refractivity contribution is 9.10. The summed E-state index contributed by atoms with van der Waals surface area (Å²) >= 11 is 3.15. The van der Waals surface area contributed by atoms with Crippen LogP contribution >= 0.6 is 15.9 Å². The van der Waals surface area contributed by atoms with Crippen LogP contribution in [0, 0.1) is 11.6 Å². The van der Waals surface area contributed by atoms with E-state index in [1.165, 1.54) is 0 Å². The molecule has 0 fully saturated rings. The first kappa shape index (κ1) is 15.2. The van der Waals surface area contributed by atoms with Crippen LogP contribution in [0.25, 0.3) is 0 Å². The average Bonchev–Trinajstić information content (AvgIpc) is 2.94. The molecule has 1 atom stereocenters. The molecule has 0 aliphatic carbocycles. The molecular weight excluding hydrogens is 328 g/mol. The molecule has 1 unspecified atom stereocenters. The molecule has 1 heterocycles. The second-order valence-electron chi connectivity index (χ2n) is 4.61. The topological polar surface area (TPSA) is 25.2 Å². The number of furan rings is 1. The Balaban J connectivity index is 2.28. The number of benzene rings is 1. The van der Waals surface area contributed by atoms with Gasteiger partial charge in [-0.05, 0) is 58.6 Å². The van der Waals surface area contributed by atoms with Crippen LogP contribution in [-0.2, 0) is 6.42 Å². The van der Waals surface area contributed by atoms with Gasteiger partial charge in [-0.3, -0.25) is 0 Å². The van der Waals surface area contributed by atoms with Gasteiger partial charge in [0.05, 0.1) is 17.0 Å². The molecule has 1 aromatic heterocycles. The molecule has 0 aliphatic heterocycles. The molecular formula is C15H16BrF2NO. The van der Waals surface area contributed by atoms with Gasteiger partial charge in [0.15, 0.2) is 11.6 Å². The van der Waals surface area contributed by atoms with E-state index in [1.807, 2.05) is 6.07 Å². The van der Waals surface area contributed by atoms with Gasteiger partial charge in [-0.15, -0.1) is 0 Å². The normalized spacial score (nSPS) is 12.6. The minimum Gasteiger partial charge on any atom is -0.472 e. The highest BCUT2D eigenvalue weighted by atomic mass is 79.9. The van der Waals surface area contributed by atoms with Crippen LogP contribution < -0.4 is 5.32 Å². The first-order valence-electron chi connectivity index (χ1n) is 6.51. The van der Waals surface area contributed by atoms with Gasteiger partial charge in [0.25, 0.3) is 0 Å². The molecule has 5 heteroatoms. The van der Waals surface area contributed by atoms with Crippen molar-refractivity contribution in [3.63, 3.8) is 0 Å². The zero-order chi connectivity index (χ0) is 14.5. The summed E-state index contributed by atoms with van der Waals surface area (Å²) in [6.07, 6.45) is 4.88. The maximum absolute atomic E-state index is 13.7. The molecule has 0 spiro atoms. The quantitative estimate of drug-likeness (QED) is 0.775. The first-order valence-corrected chi connectivity index (χ1v) is 7.30. The molecule has 0 saturated carbocycles. The van der Waals surface area contributed by atoms with Crippen LogP contribution in [0.3, 0.4) is 0 Å². The first-order chi connectivity index (χ1) is 9.63. The highest BCUT2D eigenvalue weighted by Gasteiger charge is 2.19. The Hall–Kier alpha value is -1.20. The predicted molar refractivity (Wildman–Crippen MR) is 77.5 cm³/mol. The van der Waals surface area contributed by atoms with Crippen LogP contribution in [0.5, 0.6) is 0 Å². The Labute approximate surface area is 125 Å². The standard InChI is InChI=1S/C15H16BrF2NO/c1-2-6-19-13(8-10-5-7-20-9-10)11-3-4-12(17)15(18)14(11)16/h3-5,7,9,13,19H,2,6,8H2,1H3. The molecule has 1 N–H and O–H groups in total. The van der Waals surface area contributed by atoms with Crippen LogP contribution in [-0.4, -0.2) is 6.54 Å². The highest BCUT2D eigenvalue weighted by Crippen LogP contribution is 2.30. The summed E-state index contributed by atoms with van der Waals surface area (Å²) in [5.74, 6) is -1.70. The molecule has 0 bridgehead atoms. The minimum absolute atomic E-state index is 0.1000. The third kappa shape index (κ3) is 3.46. The summed E-state index contributed by atoms with van der Waals surface area (Å²) < 4.78 is 32.1. The lowest BCUT2D eigenvalue weighted by Gasteiger charge is -2.20. The van der Waals surface area contributed by atoms with Gasteiger partial charge in [-0.25, -0.2) is 8.78 Å². The number of halogens is 3. The molecule has 20 heavy (non-hydrogen) atoms. The summed E-state index contributed by atoms with van der Waals surface area (Å²) in [5, 5.41) is 3.35. The van der Waals surface area contributed by atoms with Crippen LogP contribution in [0.4, 0.5) is 8.78 Å². The van der Waals surface area contributed by atoms with Crippen LogP contribution in [0.1, 0.15) is 30.5 Å². The van der Waals surface area contributed by atoms with Gasteiger partial charge in [0.1, 0.15) is 0 Å². The van der Waals surface area contributed by atoms with E-state index in [4.69, 9.17) is 4.42 Å². The van der Waals surface area contributed by atoms with Gasteiger partial charge in [-0.1, -0.05) is 13.0 Å². The van der Waals surface area contributed by atoms with Crippen molar-refractivity contribution in [2.45, 2.75) is 25.8 Å². The van der Waals surface area contributed by atoms with E-state index < -0.39 is 11.6 Å². The molecule has 0 saturated heterocycles. The van der Waals surface area contributed by atoms with E-state index in [-0.39, 0.29) is 10.5 Å². The van der Waals surface area contributed by atoms with E-state index in [2.05, 4.69) is 28.2 Å². The van der Waals surface area contributed by atoms with Crippen molar-refractivity contribution in [1.82, 2.24) is 5.32 Å². The van der Waals surface area contributed by atoms with E-state index in [0.717, 1.165) is 24.6 Å². The molecule has 0 aliphatic rings. The molecule has 108 valence electrons. The van der Waals surface area contributed by atoms with Crippen molar-refractivity contribution in [3.05, 3.63) is 58.0 Å². The van der Waals surface area contributed by atoms with E-state index in [1.54, 1.807) is 18.6 Å². The third-order valence-corrected chi connectivity index (χ3v) is 3.91. The predicted octanol–water partition coefficient (Wildman–Crippen LogP) is 4.60. The maximum Gasteiger partial charge on any atom is 0.173 e. The Morgan fingerprint density at radius 2 is 2.10 bits per heavy atom. The molecule has 1 aromatic carbocycles. The van der Waals surface area contributed by atoms with Crippen molar-refractivity contribution in [2.75, 3.05) is 6.54 Å². The fourth-order valence-electron chi connectivity index (χ4n) is 2.07. The smallest absolute Gasteiger partial charge is 0.173 e. The van der Waals surface area contributed by atoms with Crippen molar-refractivity contribution < 1.29 is 13.2 Å². The summed E-state index contributed by atoms with van der Waals surface area (Å²) in [5.41, 5.74) is 1.72. The lowest BCUT2D eigenvalue weighted by Crippen LogP contribution is -2.24. The fourth-order valence-corrected chi connectivity index (χ4v) is 2.66. The lowest BCUT2D eigenvalue weighted by atomic mass is 10.00. The number of nitrogens with one attached hydrogen (secondary N) is 1. The zero-order valence-electron chi connectivity index (χ0n) is 11.1. The van der Waals surface area contributed by atoms with Gasteiger partial charge >= 0.3 is 0 Å². The van der Waals surface area contributed by atoms with Crippen molar-refractivity contribution >= 4 is 15.9 Å². The van der Waals surface area contributed by atoms with Crippen molar-refractivity contribution in [3.8, 4) is 0 Å². The molecule has 2 rings (SSSR count). The van der Waals surface area contributed by atoms with Gasteiger partial charge in [0.2, 0.25) is 0 Å². The molecule has 0 amide bonds.